The van der Waals surface area contributed by atoms with Crippen molar-refractivity contribution in [3.8, 4) is 11.5 Å². The maximum absolute atomic E-state index is 12.8. The number of ether oxygens (including phenoxy) is 2. The number of para-hydroxylation sites is 1. The van der Waals surface area contributed by atoms with Crippen LogP contribution < -0.4 is 9.47 Å². The summed E-state index contributed by atoms with van der Waals surface area (Å²) in [5.41, 5.74) is 1.61. The molecule has 2 aliphatic rings. The topological polar surface area (TPSA) is 126 Å². The first kappa shape index (κ1) is 23.8. The van der Waals surface area contributed by atoms with Crippen LogP contribution in [0.3, 0.4) is 0 Å². The Morgan fingerprint density at radius 1 is 1.11 bits per heavy atom. The van der Waals surface area contributed by atoms with Crippen LogP contribution in [-0.4, -0.2) is 59.9 Å². The number of aromatic nitrogens is 1. The molecule has 0 bridgehead atoms. The lowest BCUT2D eigenvalue weighted by atomic mass is 10.1. The summed E-state index contributed by atoms with van der Waals surface area (Å²) in [6.07, 6.45) is 4.44. The van der Waals surface area contributed by atoms with Crippen molar-refractivity contribution in [2.24, 2.45) is 9.39 Å². The largest absolute Gasteiger partial charge is 0.497 e. The van der Waals surface area contributed by atoms with Crippen LogP contribution in [0.2, 0.25) is 0 Å². The van der Waals surface area contributed by atoms with Crippen LogP contribution in [0.1, 0.15) is 5.56 Å². The molecule has 0 saturated heterocycles. The molecular weight excluding hydrogens is 502 g/mol. The van der Waals surface area contributed by atoms with Crippen LogP contribution in [0.5, 0.6) is 11.5 Å². The molecule has 0 radical (unpaired) electrons. The Balaban J connectivity index is 1.43. The van der Waals surface area contributed by atoms with E-state index in [-0.39, 0.29) is 21.7 Å². The summed E-state index contributed by atoms with van der Waals surface area (Å²) in [6.45, 7) is 0.944. The van der Waals surface area contributed by atoms with Gasteiger partial charge in [0, 0.05) is 28.9 Å². The van der Waals surface area contributed by atoms with E-state index in [0.717, 1.165) is 45.5 Å². The van der Waals surface area contributed by atoms with Crippen LogP contribution >= 0.6 is 11.9 Å². The molecular formula is C24H21N5O5S2. The molecule has 3 heterocycles. The Morgan fingerprint density at radius 3 is 2.56 bits per heavy atom. The first-order valence-electron chi connectivity index (χ1n) is 10.8. The number of nitrogens with zero attached hydrogens (tertiary/aromatic N) is 4. The van der Waals surface area contributed by atoms with Gasteiger partial charge in [-0.1, -0.05) is 18.2 Å². The van der Waals surface area contributed by atoms with Crippen LogP contribution in [0.15, 0.2) is 69.7 Å². The van der Waals surface area contributed by atoms with Gasteiger partial charge in [-0.3, -0.25) is 10.2 Å². The number of amides is 1. The Bertz CT molecular complexity index is 1590. The zero-order valence-electron chi connectivity index (χ0n) is 19.3. The van der Waals surface area contributed by atoms with Gasteiger partial charge in [0.05, 0.1) is 31.2 Å². The summed E-state index contributed by atoms with van der Waals surface area (Å²) < 4.78 is 41.2. The lowest BCUT2D eigenvalue weighted by Gasteiger charge is -2.23. The number of hydrogen-bond acceptors (Lipinski definition) is 8. The van der Waals surface area contributed by atoms with Gasteiger partial charge in [-0.15, -0.1) is 0 Å². The first-order chi connectivity index (χ1) is 17.3. The molecule has 184 valence electrons. The van der Waals surface area contributed by atoms with E-state index in [1.54, 1.807) is 13.2 Å². The summed E-state index contributed by atoms with van der Waals surface area (Å²) in [4.78, 5) is 17.8. The Hall–Kier alpha value is -3.90. The fourth-order valence-corrected chi connectivity index (χ4v) is 5.75. The standard InChI is InChI=1S/C24H21N5O5S2/c1-33-16-7-9-17(10-8-16)34-12-11-28-14-15(18-5-3-4-6-20(18)28)13-19-21(25)29-23(26-22(19)30)35-27-24(29)36(2,31)32/h3-10,13-14,25H,11-12H2,1-2H3/b19-13-,25-21?. The van der Waals surface area contributed by atoms with Crippen molar-refractivity contribution in [3.63, 3.8) is 0 Å². The maximum Gasteiger partial charge on any atom is 0.283 e. The minimum absolute atomic E-state index is 0.0185. The zero-order chi connectivity index (χ0) is 25.4. The average molecular weight is 524 g/mol. The van der Waals surface area contributed by atoms with Gasteiger partial charge in [-0.05, 0) is 36.4 Å². The third-order valence-corrected chi connectivity index (χ3v) is 7.36. The van der Waals surface area contributed by atoms with Crippen molar-refractivity contribution >= 4 is 60.8 Å². The van der Waals surface area contributed by atoms with Gasteiger partial charge in [0.1, 0.15) is 23.9 Å². The number of fused-ring (bicyclic) bond motifs is 2. The van der Waals surface area contributed by atoms with Crippen molar-refractivity contribution in [1.82, 2.24) is 9.47 Å². The fourth-order valence-electron chi connectivity index (χ4n) is 3.90. The van der Waals surface area contributed by atoms with E-state index in [4.69, 9.17) is 14.9 Å². The average Bonchev–Trinajstić information content (AvgIpc) is 3.44. The first-order valence-corrected chi connectivity index (χ1v) is 13.5. The number of rotatable bonds is 6. The number of carbonyl (C=O) groups is 1. The second-order valence-corrected chi connectivity index (χ2v) is 10.6. The number of carbonyl (C=O) groups excluding carboxylic acids is 1. The van der Waals surface area contributed by atoms with E-state index in [9.17, 15) is 13.2 Å². The lowest BCUT2D eigenvalue weighted by Crippen LogP contribution is -2.45. The minimum atomic E-state index is -3.72. The molecule has 1 aromatic heterocycles. The van der Waals surface area contributed by atoms with Crippen LogP contribution in [-0.2, 0) is 21.2 Å². The van der Waals surface area contributed by atoms with Crippen molar-refractivity contribution in [2.45, 2.75) is 6.54 Å². The molecule has 0 aliphatic carbocycles. The minimum Gasteiger partial charge on any atom is -0.497 e. The quantitative estimate of drug-likeness (QED) is 0.388. The SMILES string of the molecule is COc1ccc(OCCn2cc(/C=C3/C(=N)N4C(=NC3=O)SN=C4S(C)(=O)=O)c3ccccc32)cc1. The molecule has 36 heavy (non-hydrogen) atoms. The number of hydrogen-bond donors (Lipinski definition) is 1. The van der Waals surface area contributed by atoms with Gasteiger partial charge in [0.15, 0.2) is 0 Å². The molecule has 0 unspecified atom stereocenters. The smallest absolute Gasteiger partial charge is 0.283 e. The molecule has 1 amide bonds. The van der Waals surface area contributed by atoms with Crippen molar-refractivity contribution in [1.29, 1.82) is 5.41 Å². The molecule has 0 atom stereocenters. The van der Waals surface area contributed by atoms with Gasteiger partial charge in [0.2, 0.25) is 20.2 Å². The van der Waals surface area contributed by atoms with Crippen LogP contribution in [0.25, 0.3) is 17.0 Å². The number of amidine groups is 3. The molecule has 3 aromatic rings. The molecule has 0 fully saturated rings. The van der Waals surface area contributed by atoms with Gasteiger partial charge >= 0.3 is 0 Å². The normalized spacial score (nSPS) is 16.8. The van der Waals surface area contributed by atoms with Crippen LogP contribution in [0, 0.1) is 5.41 Å². The molecule has 10 nitrogen and oxygen atoms in total. The second kappa shape index (κ2) is 9.28. The van der Waals surface area contributed by atoms with Crippen molar-refractivity contribution in [2.75, 3.05) is 20.0 Å². The monoisotopic (exact) mass is 523 g/mol. The summed E-state index contributed by atoms with van der Waals surface area (Å²) in [6, 6.07) is 15.0. The molecule has 5 rings (SSSR count). The molecule has 0 spiro atoms. The van der Waals surface area contributed by atoms with Gasteiger partial charge in [-0.2, -0.15) is 9.39 Å². The summed E-state index contributed by atoms with van der Waals surface area (Å²) in [5.74, 6) is 0.566. The molecule has 1 N–H and O–H groups in total. The summed E-state index contributed by atoms with van der Waals surface area (Å²) in [7, 11) is -2.11. The fraction of sp³-hybridized carbons (Fsp3) is 0.167. The van der Waals surface area contributed by atoms with E-state index in [2.05, 4.69) is 9.39 Å². The maximum atomic E-state index is 12.8. The lowest BCUT2D eigenvalue weighted by molar-refractivity contribution is -0.114. The van der Waals surface area contributed by atoms with Gasteiger partial charge in [-0.25, -0.2) is 13.3 Å². The number of sulfone groups is 1. The number of benzene rings is 2. The highest BCUT2D eigenvalue weighted by molar-refractivity contribution is 8.16. The highest BCUT2D eigenvalue weighted by atomic mass is 32.2. The van der Waals surface area contributed by atoms with Gasteiger partial charge in [0.25, 0.3) is 5.91 Å². The van der Waals surface area contributed by atoms with E-state index < -0.39 is 15.7 Å². The zero-order valence-corrected chi connectivity index (χ0v) is 21.0. The second-order valence-electron chi connectivity index (χ2n) is 8.00. The Morgan fingerprint density at radius 2 is 1.83 bits per heavy atom. The predicted molar refractivity (Wildman–Crippen MR) is 140 cm³/mol. The van der Waals surface area contributed by atoms with E-state index in [0.29, 0.717) is 18.7 Å². The number of methoxy groups -OCH3 is 1. The summed E-state index contributed by atoms with van der Waals surface area (Å²) >= 11 is 0.764. The van der Waals surface area contributed by atoms with E-state index in [1.807, 2.05) is 59.3 Å². The third-order valence-electron chi connectivity index (χ3n) is 5.61. The third kappa shape index (κ3) is 4.40. The molecule has 0 saturated carbocycles. The Labute approximate surface area is 211 Å². The summed E-state index contributed by atoms with van der Waals surface area (Å²) in [5, 5.41) is 9.19. The number of nitrogens with one attached hydrogen (secondary N) is 1. The van der Waals surface area contributed by atoms with Gasteiger partial charge < -0.3 is 14.0 Å². The van der Waals surface area contributed by atoms with Crippen LogP contribution in [0.4, 0.5) is 0 Å². The highest BCUT2D eigenvalue weighted by Gasteiger charge is 2.41. The van der Waals surface area contributed by atoms with Crippen molar-refractivity contribution < 1.29 is 22.7 Å². The Kier molecular flexibility index (Phi) is 6.14. The number of aliphatic imine (C=N–C) groups is 1. The van der Waals surface area contributed by atoms with E-state index in [1.165, 1.54) is 0 Å². The highest BCUT2D eigenvalue weighted by Crippen LogP contribution is 2.31. The molecule has 12 heteroatoms. The van der Waals surface area contributed by atoms with E-state index >= 15 is 0 Å². The van der Waals surface area contributed by atoms with Crippen molar-refractivity contribution in [3.05, 3.63) is 65.9 Å². The molecule has 2 aliphatic heterocycles. The predicted octanol–water partition coefficient (Wildman–Crippen LogP) is 3.35. The molecule has 2 aromatic carbocycles.